The predicted molar refractivity (Wildman–Crippen MR) is 181 cm³/mol. The zero-order chi connectivity index (χ0) is 30.2. The summed E-state index contributed by atoms with van der Waals surface area (Å²) in [6.07, 6.45) is 1.83. The lowest BCUT2D eigenvalue weighted by Gasteiger charge is -2.24. The molecule has 1 fully saturated rings. The van der Waals surface area contributed by atoms with Crippen LogP contribution in [-0.4, -0.2) is 47.1 Å². The standard InChI is InChI=1S/C15H13ClN2OS.C11H7ClN2S.C4H8Br2O/c1-17-15(6-8-19-9-7-15)14-18-13(10-20-14)11-2-4-12(16)5-3-11;12-9-3-1-8(2-4-9)10-7-15-11(14-10)5-6-13;5-1-3-7-4-2-6/h2-5,10H,6-9H2;1-4,7H,5H2;1-4H2. The summed E-state index contributed by atoms with van der Waals surface area (Å²) >= 11 is 21.2. The first-order valence-electron chi connectivity index (χ1n) is 12.9. The number of nitriles is 1. The summed E-state index contributed by atoms with van der Waals surface area (Å²) in [5, 5.41) is 17.5. The topological polar surface area (TPSA) is 72.4 Å². The van der Waals surface area contributed by atoms with Crippen molar-refractivity contribution in [2.75, 3.05) is 37.1 Å². The van der Waals surface area contributed by atoms with Crippen molar-refractivity contribution in [3.05, 3.63) is 90.8 Å². The first-order chi connectivity index (χ1) is 20.4. The van der Waals surface area contributed by atoms with Gasteiger partial charge < -0.3 is 14.3 Å². The first kappa shape index (κ1) is 34.6. The smallest absolute Gasteiger partial charge is 0.287 e. The Bertz CT molecular complexity index is 1440. The molecule has 0 atom stereocenters. The predicted octanol–water partition coefficient (Wildman–Crippen LogP) is 9.71. The molecule has 0 unspecified atom stereocenters. The molecule has 0 amide bonds. The minimum atomic E-state index is -0.492. The molecule has 4 aromatic rings. The van der Waals surface area contributed by atoms with E-state index in [0.29, 0.717) is 29.7 Å². The summed E-state index contributed by atoms with van der Waals surface area (Å²) in [5.41, 5.74) is 3.38. The summed E-state index contributed by atoms with van der Waals surface area (Å²) in [7, 11) is 0. The fourth-order valence-corrected chi connectivity index (χ4v) is 6.22. The Morgan fingerprint density at radius 2 is 1.43 bits per heavy atom. The van der Waals surface area contributed by atoms with Crippen LogP contribution >= 0.6 is 77.7 Å². The molecule has 0 spiro atoms. The fraction of sp³-hybridized carbons (Fsp3) is 0.333. The second-order valence-electron chi connectivity index (χ2n) is 8.76. The summed E-state index contributed by atoms with van der Waals surface area (Å²) in [6.45, 7) is 10.4. The van der Waals surface area contributed by atoms with Gasteiger partial charge in [-0.3, -0.25) is 0 Å². The quantitative estimate of drug-likeness (QED) is 0.101. The van der Waals surface area contributed by atoms with E-state index in [2.05, 4.69) is 52.7 Å². The Morgan fingerprint density at radius 3 is 1.93 bits per heavy atom. The number of benzene rings is 2. The molecular formula is C30H28Br2Cl2N4O2S2. The molecule has 0 saturated carbocycles. The van der Waals surface area contributed by atoms with Crippen molar-refractivity contribution in [2.45, 2.75) is 24.8 Å². The van der Waals surface area contributed by atoms with Crippen LogP contribution in [0.4, 0.5) is 0 Å². The summed E-state index contributed by atoms with van der Waals surface area (Å²) < 4.78 is 10.4. The molecule has 42 heavy (non-hydrogen) atoms. The van der Waals surface area contributed by atoms with Gasteiger partial charge in [0.15, 0.2) is 5.01 Å². The molecule has 0 N–H and O–H groups in total. The van der Waals surface area contributed by atoms with Crippen LogP contribution in [0.1, 0.15) is 22.9 Å². The molecular weight excluding hydrogens is 743 g/mol. The second-order valence-corrected chi connectivity index (χ2v) is 13.0. The average molecular weight is 771 g/mol. The number of hydrogen-bond acceptors (Lipinski definition) is 7. The van der Waals surface area contributed by atoms with Gasteiger partial charge in [0.1, 0.15) is 5.01 Å². The van der Waals surface area contributed by atoms with E-state index >= 15 is 0 Å². The van der Waals surface area contributed by atoms with Gasteiger partial charge in [-0.05, 0) is 24.3 Å². The van der Waals surface area contributed by atoms with Crippen LogP contribution in [0.25, 0.3) is 27.4 Å². The number of aromatic nitrogens is 2. The van der Waals surface area contributed by atoms with Crippen LogP contribution in [0.3, 0.4) is 0 Å². The Hall–Kier alpha value is -1.86. The summed E-state index contributed by atoms with van der Waals surface area (Å²) in [4.78, 5) is 12.9. The van der Waals surface area contributed by atoms with Crippen LogP contribution in [0.15, 0.2) is 59.3 Å². The third kappa shape index (κ3) is 10.7. The van der Waals surface area contributed by atoms with Crippen molar-refractivity contribution >= 4 is 77.7 Å². The monoisotopic (exact) mass is 768 g/mol. The first-order valence-corrected chi connectivity index (χ1v) is 17.7. The van der Waals surface area contributed by atoms with Gasteiger partial charge in [-0.25, -0.2) is 16.5 Å². The van der Waals surface area contributed by atoms with Crippen molar-refractivity contribution in [3.63, 3.8) is 0 Å². The zero-order valence-corrected chi connectivity index (χ0v) is 28.9. The molecule has 3 heterocycles. The van der Waals surface area contributed by atoms with Crippen molar-refractivity contribution in [3.8, 4) is 28.6 Å². The molecule has 220 valence electrons. The van der Waals surface area contributed by atoms with Crippen LogP contribution in [0, 0.1) is 17.9 Å². The molecule has 0 bridgehead atoms. The number of rotatable bonds is 8. The normalized spacial score (nSPS) is 13.5. The van der Waals surface area contributed by atoms with E-state index in [9.17, 15) is 0 Å². The van der Waals surface area contributed by atoms with Crippen molar-refractivity contribution < 1.29 is 9.47 Å². The zero-order valence-electron chi connectivity index (χ0n) is 22.6. The molecule has 2 aromatic carbocycles. The maximum atomic E-state index is 8.54. The number of alkyl halides is 2. The number of ether oxygens (including phenoxy) is 2. The molecule has 2 aromatic heterocycles. The summed E-state index contributed by atoms with van der Waals surface area (Å²) in [6, 6.07) is 17.2. The maximum absolute atomic E-state index is 8.54. The van der Waals surface area contributed by atoms with E-state index < -0.39 is 5.54 Å². The molecule has 1 aliphatic rings. The molecule has 1 saturated heterocycles. The van der Waals surface area contributed by atoms with Crippen LogP contribution in [0.2, 0.25) is 10.0 Å². The third-order valence-corrected chi connectivity index (χ3v) is 8.98. The lowest BCUT2D eigenvalue weighted by atomic mass is 9.92. The van der Waals surface area contributed by atoms with E-state index in [1.165, 1.54) is 11.3 Å². The molecule has 5 rings (SSSR count). The Kier molecular flexibility index (Phi) is 15.4. The largest absolute Gasteiger partial charge is 0.381 e. The number of nitrogens with zero attached hydrogens (tertiary/aromatic N) is 4. The minimum absolute atomic E-state index is 0.373. The second kappa shape index (κ2) is 18.7. The Labute approximate surface area is 281 Å². The Morgan fingerprint density at radius 1 is 0.905 bits per heavy atom. The van der Waals surface area contributed by atoms with Gasteiger partial charge in [0.2, 0.25) is 0 Å². The van der Waals surface area contributed by atoms with Gasteiger partial charge in [0.25, 0.3) is 5.54 Å². The lowest BCUT2D eigenvalue weighted by molar-refractivity contribution is 0.0646. The summed E-state index contributed by atoms with van der Waals surface area (Å²) in [5.74, 6) is 0. The lowest BCUT2D eigenvalue weighted by Crippen LogP contribution is -2.30. The van der Waals surface area contributed by atoms with Gasteiger partial charge in [0.05, 0.1) is 63.1 Å². The van der Waals surface area contributed by atoms with Crippen molar-refractivity contribution in [1.29, 1.82) is 5.26 Å². The number of halogens is 4. The van der Waals surface area contributed by atoms with E-state index in [0.717, 1.165) is 69.2 Å². The highest BCUT2D eigenvalue weighted by molar-refractivity contribution is 9.09. The minimum Gasteiger partial charge on any atom is -0.381 e. The highest BCUT2D eigenvalue weighted by Gasteiger charge is 2.43. The molecule has 1 aliphatic heterocycles. The van der Waals surface area contributed by atoms with E-state index in [4.69, 9.17) is 44.5 Å². The van der Waals surface area contributed by atoms with Crippen molar-refractivity contribution in [1.82, 2.24) is 9.97 Å². The van der Waals surface area contributed by atoms with Gasteiger partial charge in [-0.15, -0.1) is 22.7 Å². The van der Waals surface area contributed by atoms with E-state index in [-0.39, 0.29) is 0 Å². The van der Waals surface area contributed by atoms with Crippen LogP contribution in [-0.2, 0) is 21.4 Å². The average Bonchev–Trinajstić information content (AvgIpc) is 3.71. The third-order valence-electron chi connectivity index (χ3n) is 5.94. The van der Waals surface area contributed by atoms with Crippen LogP contribution in [0.5, 0.6) is 0 Å². The maximum Gasteiger partial charge on any atom is 0.287 e. The number of thiazole rings is 2. The van der Waals surface area contributed by atoms with Gasteiger partial charge in [-0.1, -0.05) is 79.3 Å². The highest BCUT2D eigenvalue weighted by Crippen LogP contribution is 2.39. The molecule has 12 heteroatoms. The van der Waals surface area contributed by atoms with Gasteiger partial charge in [0, 0.05) is 42.6 Å². The molecule has 0 aliphatic carbocycles. The number of hydrogen-bond donors (Lipinski definition) is 0. The van der Waals surface area contributed by atoms with Crippen molar-refractivity contribution in [2.24, 2.45) is 0 Å². The Balaban J connectivity index is 0.000000194. The molecule has 0 radical (unpaired) electrons. The van der Waals surface area contributed by atoms with E-state index in [1.54, 1.807) is 11.3 Å². The van der Waals surface area contributed by atoms with Gasteiger partial charge in [-0.2, -0.15) is 5.26 Å². The highest BCUT2D eigenvalue weighted by atomic mass is 79.9. The van der Waals surface area contributed by atoms with Gasteiger partial charge >= 0.3 is 0 Å². The molecule has 6 nitrogen and oxygen atoms in total. The fourth-order valence-electron chi connectivity index (χ4n) is 3.75. The van der Waals surface area contributed by atoms with Crippen LogP contribution < -0.4 is 0 Å². The SMILES string of the molecule is BrCCOCCBr.N#CCc1nc(-c2ccc(Cl)cc2)cs1.[C-]#[N+]C1(c2nc(-c3ccc(Cl)cc3)cs2)CCOCC1. The van der Waals surface area contributed by atoms with E-state index in [1.807, 2.05) is 59.3 Å².